The first kappa shape index (κ1) is 14.1. The number of hydrogen-bond donors (Lipinski definition) is 1. The van der Waals surface area contributed by atoms with E-state index in [1.807, 2.05) is 6.20 Å². The van der Waals surface area contributed by atoms with E-state index in [2.05, 4.69) is 82.0 Å². The van der Waals surface area contributed by atoms with Gasteiger partial charge < -0.3 is 9.88 Å². The van der Waals surface area contributed by atoms with E-state index in [9.17, 15) is 0 Å². The number of hydrogen-bond acceptors (Lipinski definition) is 2. The van der Waals surface area contributed by atoms with Crippen LogP contribution >= 0.6 is 15.9 Å². The van der Waals surface area contributed by atoms with Gasteiger partial charge in [-0.05, 0) is 53.5 Å². The van der Waals surface area contributed by atoms with Crippen LogP contribution in [0.4, 0.5) is 5.69 Å². The van der Waals surface area contributed by atoms with Crippen molar-refractivity contribution in [2.24, 2.45) is 7.05 Å². The van der Waals surface area contributed by atoms with Crippen LogP contribution in [0.3, 0.4) is 0 Å². The first-order chi connectivity index (χ1) is 10.1. The molecule has 4 heteroatoms. The minimum Gasteiger partial charge on any atom is -0.379 e. The molecule has 1 aromatic carbocycles. The van der Waals surface area contributed by atoms with Gasteiger partial charge in [0.05, 0.1) is 11.2 Å². The smallest absolute Gasteiger partial charge is 0.0934 e. The number of fused-ring (bicyclic) bond motifs is 1. The van der Waals surface area contributed by atoms with E-state index in [-0.39, 0.29) is 0 Å². The van der Waals surface area contributed by atoms with E-state index in [4.69, 9.17) is 0 Å². The van der Waals surface area contributed by atoms with Gasteiger partial charge in [-0.1, -0.05) is 12.1 Å². The topological polar surface area (TPSA) is 29.9 Å². The highest BCUT2D eigenvalue weighted by molar-refractivity contribution is 9.10. The average molecular weight is 344 g/mol. The Kier molecular flexibility index (Phi) is 3.72. The first-order valence-corrected chi connectivity index (χ1v) is 7.75. The second kappa shape index (κ2) is 5.53. The van der Waals surface area contributed by atoms with Crippen LogP contribution in [0.25, 0.3) is 10.9 Å². The maximum absolute atomic E-state index is 4.52. The van der Waals surface area contributed by atoms with Crippen LogP contribution in [0.2, 0.25) is 0 Å². The normalized spacial score (nSPS) is 11.0. The largest absolute Gasteiger partial charge is 0.379 e. The van der Waals surface area contributed by atoms with Crippen molar-refractivity contribution in [3.05, 3.63) is 58.0 Å². The summed E-state index contributed by atoms with van der Waals surface area (Å²) in [5.74, 6) is 0. The molecule has 0 aliphatic rings. The Morgan fingerprint density at radius 1 is 1.24 bits per heavy atom. The van der Waals surface area contributed by atoms with Gasteiger partial charge in [0.15, 0.2) is 0 Å². The van der Waals surface area contributed by atoms with Gasteiger partial charge in [-0.2, -0.15) is 0 Å². The van der Waals surface area contributed by atoms with E-state index >= 15 is 0 Å². The van der Waals surface area contributed by atoms with E-state index in [1.165, 1.54) is 17.0 Å². The Morgan fingerprint density at radius 3 is 2.76 bits per heavy atom. The second-order valence-electron chi connectivity index (χ2n) is 5.34. The quantitative estimate of drug-likeness (QED) is 0.755. The van der Waals surface area contributed by atoms with Gasteiger partial charge in [0.25, 0.3) is 0 Å². The molecular weight excluding hydrogens is 326 g/mol. The molecule has 0 unspecified atom stereocenters. The predicted octanol–water partition coefficient (Wildman–Crippen LogP) is 4.56. The van der Waals surface area contributed by atoms with Crippen LogP contribution in [0.1, 0.15) is 17.0 Å². The Bertz CT molecular complexity index is 805. The number of halogens is 1. The molecule has 108 valence electrons. The molecule has 0 fully saturated rings. The third-order valence-electron chi connectivity index (χ3n) is 4.03. The lowest BCUT2D eigenvalue weighted by molar-refractivity contribution is 0.837. The van der Waals surface area contributed by atoms with Crippen LogP contribution in [0.15, 0.2) is 41.0 Å². The molecule has 0 bridgehead atoms. The van der Waals surface area contributed by atoms with Crippen molar-refractivity contribution in [2.45, 2.75) is 20.4 Å². The number of nitrogens with zero attached hydrogens (tertiary/aromatic N) is 2. The number of benzene rings is 1. The summed E-state index contributed by atoms with van der Waals surface area (Å²) in [6.45, 7) is 5.10. The molecule has 2 heterocycles. The number of pyridine rings is 1. The molecule has 0 spiro atoms. The molecule has 0 amide bonds. The van der Waals surface area contributed by atoms with E-state index in [0.29, 0.717) is 0 Å². The number of nitrogens with one attached hydrogen (secondary N) is 1. The van der Waals surface area contributed by atoms with Crippen molar-refractivity contribution < 1.29 is 0 Å². The summed E-state index contributed by atoms with van der Waals surface area (Å²) in [6, 6.07) is 10.5. The zero-order valence-corrected chi connectivity index (χ0v) is 14.0. The number of aryl methyl sites for hydroxylation is 1. The molecular formula is C17H18BrN3. The molecule has 0 radical (unpaired) electrons. The van der Waals surface area contributed by atoms with Gasteiger partial charge in [-0.25, -0.2) is 0 Å². The summed E-state index contributed by atoms with van der Waals surface area (Å²) in [6.07, 6.45) is 1.84. The molecule has 1 N–H and O–H groups in total. The SMILES string of the molecule is Cc1cc(CNc2cccc3cc(Br)cnc23)c(C)n1C. The highest BCUT2D eigenvalue weighted by atomic mass is 79.9. The van der Waals surface area contributed by atoms with E-state index < -0.39 is 0 Å². The Labute approximate surface area is 133 Å². The third-order valence-corrected chi connectivity index (χ3v) is 4.46. The van der Waals surface area contributed by atoms with Crippen molar-refractivity contribution in [1.29, 1.82) is 0 Å². The number of aromatic nitrogens is 2. The molecule has 3 nitrogen and oxygen atoms in total. The Morgan fingerprint density at radius 2 is 2.05 bits per heavy atom. The molecule has 0 saturated heterocycles. The van der Waals surface area contributed by atoms with Gasteiger partial charge in [0, 0.05) is 41.0 Å². The standard InChI is InChI=1S/C17H18BrN3/c1-11-7-14(12(2)21(11)3)9-19-16-6-4-5-13-8-15(18)10-20-17(13)16/h4-8,10,19H,9H2,1-3H3. The van der Waals surface area contributed by atoms with Crippen molar-refractivity contribution in [3.63, 3.8) is 0 Å². The predicted molar refractivity (Wildman–Crippen MR) is 91.7 cm³/mol. The summed E-state index contributed by atoms with van der Waals surface area (Å²) in [4.78, 5) is 4.52. The molecule has 0 aliphatic heterocycles. The maximum Gasteiger partial charge on any atom is 0.0934 e. The van der Waals surface area contributed by atoms with Crippen LogP contribution in [-0.2, 0) is 13.6 Å². The molecule has 0 atom stereocenters. The Hall–Kier alpha value is -1.81. The van der Waals surface area contributed by atoms with Crippen LogP contribution in [0.5, 0.6) is 0 Å². The van der Waals surface area contributed by atoms with Crippen molar-refractivity contribution in [2.75, 3.05) is 5.32 Å². The van der Waals surface area contributed by atoms with E-state index in [0.717, 1.165) is 27.6 Å². The van der Waals surface area contributed by atoms with Crippen molar-refractivity contribution >= 4 is 32.5 Å². The van der Waals surface area contributed by atoms with Crippen LogP contribution < -0.4 is 5.32 Å². The number of rotatable bonds is 3. The minimum absolute atomic E-state index is 0.810. The molecule has 2 aromatic heterocycles. The lowest BCUT2D eigenvalue weighted by Gasteiger charge is -2.09. The molecule has 0 aliphatic carbocycles. The lowest BCUT2D eigenvalue weighted by atomic mass is 10.2. The van der Waals surface area contributed by atoms with Gasteiger partial charge in [0.2, 0.25) is 0 Å². The molecule has 3 aromatic rings. The van der Waals surface area contributed by atoms with Gasteiger partial charge in [-0.15, -0.1) is 0 Å². The van der Waals surface area contributed by atoms with Crippen LogP contribution in [0, 0.1) is 13.8 Å². The zero-order chi connectivity index (χ0) is 15.0. The lowest BCUT2D eigenvalue weighted by Crippen LogP contribution is -2.02. The fourth-order valence-corrected chi connectivity index (χ4v) is 2.93. The Balaban J connectivity index is 1.90. The highest BCUT2D eigenvalue weighted by Gasteiger charge is 2.07. The summed E-state index contributed by atoms with van der Waals surface area (Å²) in [5.41, 5.74) is 5.98. The highest BCUT2D eigenvalue weighted by Crippen LogP contribution is 2.25. The number of anilines is 1. The average Bonchev–Trinajstić information content (AvgIpc) is 2.72. The van der Waals surface area contributed by atoms with Crippen LogP contribution in [-0.4, -0.2) is 9.55 Å². The summed E-state index contributed by atoms with van der Waals surface area (Å²) >= 11 is 3.47. The first-order valence-electron chi connectivity index (χ1n) is 6.96. The van der Waals surface area contributed by atoms with Gasteiger partial charge in [0.1, 0.15) is 0 Å². The van der Waals surface area contributed by atoms with Crippen molar-refractivity contribution in [1.82, 2.24) is 9.55 Å². The monoisotopic (exact) mass is 343 g/mol. The number of para-hydroxylation sites is 1. The fourth-order valence-electron chi connectivity index (χ4n) is 2.58. The third kappa shape index (κ3) is 2.68. The van der Waals surface area contributed by atoms with Gasteiger partial charge in [-0.3, -0.25) is 4.98 Å². The molecule has 0 saturated carbocycles. The van der Waals surface area contributed by atoms with E-state index in [1.54, 1.807) is 0 Å². The molecule has 3 rings (SSSR count). The minimum atomic E-state index is 0.810. The second-order valence-corrected chi connectivity index (χ2v) is 6.26. The zero-order valence-electron chi connectivity index (χ0n) is 12.4. The summed E-state index contributed by atoms with van der Waals surface area (Å²) in [7, 11) is 2.10. The summed E-state index contributed by atoms with van der Waals surface area (Å²) < 4.78 is 3.22. The van der Waals surface area contributed by atoms with Crippen molar-refractivity contribution in [3.8, 4) is 0 Å². The maximum atomic E-state index is 4.52. The molecule has 21 heavy (non-hydrogen) atoms. The summed E-state index contributed by atoms with van der Waals surface area (Å²) in [5, 5.41) is 4.65. The fraction of sp³-hybridized carbons (Fsp3) is 0.235. The van der Waals surface area contributed by atoms with Gasteiger partial charge >= 0.3 is 0 Å².